The normalized spacial score (nSPS) is 9.88. The second kappa shape index (κ2) is 4.61. The lowest BCUT2D eigenvalue weighted by Crippen LogP contribution is -2.19. The molecule has 0 heterocycles. The summed E-state index contributed by atoms with van der Waals surface area (Å²) in [5.41, 5.74) is -0.758. The average molecular weight is 228 g/mol. The van der Waals surface area contributed by atoms with Crippen LogP contribution >= 0.6 is 0 Å². The third-order valence-electron chi connectivity index (χ3n) is 1.74. The SMILES string of the molecule is O=C(O)CC(=O)C(=O)c1cc(F)ccc1F. The first-order valence-electron chi connectivity index (χ1n) is 4.16. The fourth-order valence-electron chi connectivity index (χ4n) is 1.04. The van der Waals surface area contributed by atoms with Crippen molar-refractivity contribution in [2.24, 2.45) is 0 Å². The van der Waals surface area contributed by atoms with Gasteiger partial charge in [0.1, 0.15) is 18.1 Å². The van der Waals surface area contributed by atoms with Crippen LogP contribution in [0.4, 0.5) is 8.78 Å². The van der Waals surface area contributed by atoms with E-state index >= 15 is 0 Å². The molecule has 0 aliphatic carbocycles. The van der Waals surface area contributed by atoms with E-state index in [9.17, 15) is 23.2 Å². The predicted molar refractivity (Wildman–Crippen MR) is 47.9 cm³/mol. The molecule has 1 aromatic carbocycles. The molecule has 84 valence electrons. The van der Waals surface area contributed by atoms with Gasteiger partial charge in [-0.2, -0.15) is 0 Å². The third-order valence-corrected chi connectivity index (χ3v) is 1.74. The maximum Gasteiger partial charge on any atom is 0.311 e. The van der Waals surface area contributed by atoms with Crippen molar-refractivity contribution in [3.05, 3.63) is 35.4 Å². The molecule has 0 fully saturated rings. The van der Waals surface area contributed by atoms with Crippen molar-refractivity contribution in [3.63, 3.8) is 0 Å². The summed E-state index contributed by atoms with van der Waals surface area (Å²) >= 11 is 0. The van der Waals surface area contributed by atoms with Crippen molar-refractivity contribution in [1.82, 2.24) is 0 Å². The van der Waals surface area contributed by atoms with Gasteiger partial charge in [-0.3, -0.25) is 14.4 Å². The van der Waals surface area contributed by atoms with Crippen molar-refractivity contribution in [3.8, 4) is 0 Å². The first-order valence-corrected chi connectivity index (χ1v) is 4.16. The first kappa shape index (κ1) is 12.0. The molecule has 0 bridgehead atoms. The van der Waals surface area contributed by atoms with Crippen LogP contribution in [0.25, 0.3) is 0 Å². The van der Waals surface area contributed by atoms with Crippen LogP contribution in [-0.2, 0) is 9.59 Å². The Kier molecular flexibility index (Phi) is 3.44. The predicted octanol–water partition coefficient (Wildman–Crippen LogP) is 1.19. The summed E-state index contributed by atoms with van der Waals surface area (Å²) in [6, 6.07) is 2.03. The molecule has 0 atom stereocenters. The number of carbonyl (C=O) groups is 3. The van der Waals surface area contributed by atoms with Crippen LogP contribution in [0.1, 0.15) is 16.8 Å². The van der Waals surface area contributed by atoms with Gasteiger partial charge in [0.2, 0.25) is 11.6 Å². The van der Waals surface area contributed by atoms with Crippen LogP contribution in [0.3, 0.4) is 0 Å². The minimum absolute atomic E-state index is 0.553. The quantitative estimate of drug-likeness (QED) is 0.477. The summed E-state index contributed by atoms with van der Waals surface area (Å²) in [5.74, 6) is -6.09. The number of hydrogen-bond acceptors (Lipinski definition) is 3. The zero-order chi connectivity index (χ0) is 12.3. The van der Waals surface area contributed by atoms with E-state index < -0.39 is 41.2 Å². The van der Waals surface area contributed by atoms with E-state index in [-0.39, 0.29) is 0 Å². The first-order chi connectivity index (χ1) is 7.41. The zero-order valence-corrected chi connectivity index (χ0v) is 7.87. The lowest BCUT2D eigenvalue weighted by atomic mass is 10.0. The highest BCUT2D eigenvalue weighted by molar-refractivity contribution is 6.45. The second-order valence-corrected chi connectivity index (χ2v) is 2.95. The molecular formula is C10H6F2O4. The van der Waals surface area contributed by atoms with E-state index in [1.807, 2.05) is 0 Å². The number of carboxylic acids is 1. The van der Waals surface area contributed by atoms with Gasteiger partial charge in [-0.15, -0.1) is 0 Å². The van der Waals surface area contributed by atoms with Crippen LogP contribution in [-0.4, -0.2) is 22.6 Å². The van der Waals surface area contributed by atoms with Crippen molar-refractivity contribution in [2.75, 3.05) is 0 Å². The van der Waals surface area contributed by atoms with Crippen molar-refractivity contribution >= 4 is 17.5 Å². The molecule has 0 saturated carbocycles. The van der Waals surface area contributed by atoms with Gasteiger partial charge in [0.15, 0.2) is 0 Å². The van der Waals surface area contributed by atoms with Crippen LogP contribution in [0, 0.1) is 11.6 Å². The van der Waals surface area contributed by atoms with E-state index in [1.165, 1.54) is 0 Å². The third kappa shape index (κ3) is 2.69. The molecule has 1 aromatic rings. The van der Waals surface area contributed by atoms with Gasteiger partial charge in [0.25, 0.3) is 0 Å². The summed E-state index contributed by atoms with van der Waals surface area (Å²) in [6.45, 7) is 0. The molecular weight excluding hydrogens is 222 g/mol. The van der Waals surface area contributed by atoms with Crippen molar-refractivity contribution in [1.29, 1.82) is 0 Å². The smallest absolute Gasteiger partial charge is 0.311 e. The Morgan fingerprint density at radius 1 is 1.19 bits per heavy atom. The minimum Gasteiger partial charge on any atom is -0.481 e. The summed E-state index contributed by atoms with van der Waals surface area (Å²) in [4.78, 5) is 32.4. The fourth-order valence-corrected chi connectivity index (χ4v) is 1.04. The molecule has 0 unspecified atom stereocenters. The van der Waals surface area contributed by atoms with Crippen LogP contribution < -0.4 is 0 Å². The molecule has 0 saturated heterocycles. The molecule has 0 aromatic heterocycles. The Morgan fingerprint density at radius 2 is 1.81 bits per heavy atom. The average Bonchev–Trinajstić information content (AvgIpc) is 2.19. The Labute approximate surface area is 88.5 Å². The highest BCUT2D eigenvalue weighted by Crippen LogP contribution is 2.11. The van der Waals surface area contributed by atoms with Gasteiger partial charge in [0.05, 0.1) is 5.56 Å². The largest absolute Gasteiger partial charge is 0.481 e. The van der Waals surface area contributed by atoms with Crippen LogP contribution in [0.2, 0.25) is 0 Å². The molecule has 1 N–H and O–H groups in total. The van der Waals surface area contributed by atoms with Crippen LogP contribution in [0.15, 0.2) is 18.2 Å². The highest BCUT2D eigenvalue weighted by Gasteiger charge is 2.22. The Hall–Kier alpha value is -2.11. The van der Waals surface area contributed by atoms with Crippen LogP contribution in [0.5, 0.6) is 0 Å². The van der Waals surface area contributed by atoms with E-state index in [0.717, 1.165) is 6.07 Å². The number of rotatable bonds is 4. The molecule has 4 nitrogen and oxygen atoms in total. The summed E-state index contributed by atoms with van der Waals surface area (Å²) in [5, 5.41) is 8.26. The number of carbonyl (C=O) groups excluding carboxylic acids is 2. The van der Waals surface area contributed by atoms with Crippen molar-refractivity contribution < 1.29 is 28.3 Å². The fraction of sp³-hybridized carbons (Fsp3) is 0.100. The summed E-state index contributed by atoms with van der Waals surface area (Å²) < 4.78 is 25.7. The molecule has 0 aliphatic heterocycles. The van der Waals surface area contributed by atoms with Gasteiger partial charge in [-0.1, -0.05) is 0 Å². The monoisotopic (exact) mass is 228 g/mol. The van der Waals surface area contributed by atoms with Gasteiger partial charge in [-0.05, 0) is 18.2 Å². The lowest BCUT2D eigenvalue weighted by molar-refractivity contribution is -0.139. The van der Waals surface area contributed by atoms with Gasteiger partial charge in [0, 0.05) is 0 Å². The molecule has 0 amide bonds. The number of hydrogen-bond donors (Lipinski definition) is 1. The van der Waals surface area contributed by atoms with E-state index in [0.29, 0.717) is 12.1 Å². The molecule has 16 heavy (non-hydrogen) atoms. The van der Waals surface area contributed by atoms with E-state index in [1.54, 1.807) is 0 Å². The maximum absolute atomic E-state index is 13.0. The van der Waals surface area contributed by atoms with E-state index in [2.05, 4.69) is 0 Å². The zero-order valence-electron chi connectivity index (χ0n) is 7.87. The number of carboxylic acid groups (broad SMARTS) is 1. The Balaban J connectivity index is 3.00. The highest BCUT2D eigenvalue weighted by atomic mass is 19.1. The van der Waals surface area contributed by atoms with E-state index in [4.69, 9.17) is 5.11 Å². The summed E-state index contributed by atoms with van der Waals surface area (Å²) in [7, 11) is 0. The summed E-state index contributed by atoms with van der Waals surface area (Å²) in [6.07, 6.45) is -1.05. The number of Topliss-reactive ketones (excluding diaryl/α,β-unsaturated/α-hetero) is 2. The van der Waals surface area contributed by atoms with Gasteiger partial charge in [-0.25, -0.2) is 8.78 Å². The molecule has 0 spiro atoms. The van der Waals surface area contributed by atoms with Gasteiger partial charge < -0.3 is 5.11 Å². The topological polar surface area (TPSA) is 71.4 Å². The Morgan fingerprint density at radius 3 is 2.38 bits per heavy atom. The number of aliphatic carboxylic acids is 1. The molecule has 6 heteroatoms. The molecule has 0 radical (unpaired) electrons. The number of ketones is 2. The standard InChI is InChI=1S/C10H6F2O4/c11-5-1-2-7(12)6(3-5)10(16)8(13)4-9(14)15/h1-3H,4H2,(H,14,15). The lowest BCUT2D eigenvalue weighted by Gasteiger charge is -2.00. The molecule has 0 aliphatic rings. The maximum atomic E-state index is 13.0. The Bertz CT molecular complexity index is 468. The second-order valence-electron chi connectivity index (χ2n) is 2.95. The van der Waals surface area contributed by atoms with Crippen molar-refractivity contribution in [2.45, 2.75) is 6.42 Å². The number of halogens is 2. The minimum atomic E-state index is -1.50. The number of benzene rings is 1. The molecule has 1 rings (SSSR count). The van der Waals surface area contributed by atoms with Gasteiger partial charge >= 0.3 is 5.97 Å².